The fourth-order valence-electron chi connectivity index (χ4n) is 4.69. The Labute approximate surface area is 190 Å². The SMILES string of the molecule is [NH3+]C[C@H]1O[C@H](O[C@H]2[C@H](O[C@@H]3O[C@H](CO)[C@@H](O)[C@@H]([NH3+])[C@H]3O)[C@@H](O)[C@H]([NH3+])C[C@@H]2[NH3+])[C@H]([NH3+])[C@@H](O)[C@@H]1O. The van der Waals surface area contributed by atoms with Gasteiger partial charge in [-0.3, -0.25) is 0 Å². The van der Waals surface area contributed by atoms with Crippen molar-refractivity contribution < 1.29 is 78.3 Å². The van der Waals surface area contributed by atoms with E-state index < -0.39 is 98.3 Å². The minimum absolute atomic E-state index is 0.185. The summed E-state index contributed by atoms with van der Waals surface area (Å²) in [5.74, 6) is 0. The first-order valence-corrected chi connectivity index (χ1v) is 11.3. The molecule has 15 atom stereocenters. The smallest absolute Gasteiger partial charge is 0.214 e. The van der Waals surface area contributed by atoms with Crippen LogP contribution in [0.1, 0.15) is 6.42 Å². The summed E-state index contributed by atoms with van der Waals surface area (Å²) in [5.41, 5.74) is 19.3. The lowest BCUT2D eigenvalue weighted by molar-refractivity contribution is -0.539. The highest BCUT2D eigenvalue weighted by atomic mass is 16.7. The van der Waals surface area contributed by atoms with Crippen molar-refractivity contribution in [2.45, 2.75) is 98.1 Å². The Morgan fingerprint density at radius 2 is 1.27 bits per heavy atom. The van der Waals surface area contributed by atoms with Crippen LogP contribution in [0.4, 0.5) is 0 Å². The van der Waals surface area contributed by atoms with E-state index in [1.54, 1.807) is 0 Å². The fourth-order valence-corrected chi connectivity index (χ4v) is 4.69. The molecule has 3 rings (SSSR count). The Kier molecular flexibility index (Phi) is 8.99. The Morgan fingerprint density at radius 3 is 1.88 bits per heavy atom. The van der Waals surface area contributed by atoms with E-state index in [-0.39, 0.29) is 6.54 Å². The minimum Gasteiger partial charge on any atom is -0.394 e. The van der Waals surface area contributed by atoms with Crippen LogP contribution in [0.25, 0.3) is 0 Å². The zero-order chi connectivity index (χ0) is 24.6. The highest BCUT2D eigenvalue weighted by molar-refractivity contribution is 4.97. The summed E-state index contributed by atoms with van der Waals surface area (Å²) in [6, 6.07) is -2.64. The number of hydrogen-bond donors (Lipinski definition) is 11. The summed E-state index contributed by atoms with van der Waals surface area (Å²) in [6.45, 7) is -0.334. The Balaban J connectivity index is 1.80. The lowest BCUT2D eigenvalue weighted by Crippen LogP contribution is -2.84. The second-order valence-corrected chi connectivity index (χ2v) is 9.30. The van der Waals surface area contributed by atoms with Gasteiger partial charge in [-0.05, 0) is 0 Å². The molecule has 3 aliphatic rings. The first-order chi connectivity index (χ1) is 15.5. The molecule has 21 N–H and O–H groups in total. The van der Waals surface area contributed by atoms with E-state index in [1.807, 2.05) is 0 Å². The molecular weight excluding hydrogens is 446 g/mol. The maximum atomic E-state index is 10.9. The molecule has 15 heteroatoms. The van der Waals surface area contributed by atoms with E-state index in [2.05, 4.69) is 28.7 Å². The predicted octanol–water partition coefficient (Wildman–Crippen LogP) is -10.9. The lowest BCUT2D eigenvalue weighted by Gasteiger charge is -2.46. The van der Waals surface area contributed by atoms with Gasteiger partial charge in [-0.1, -0.05) is 0 Å². The summed E-state index contributed by atoms with van der Waals surface area (Å²) in [7, 11) is 0. The minimum atomic E-state index is -1.34. The van der Waals surface area contributed by atoms with Gasteiger partial charge in [-0.25, -0.2) is 0 Å². The molecule has 0 aromatic heterocycles. The molecule has 0 aromatic carbocycles. The third kappa shape index (κ3) is 5.32. The maximum absolute atomic E-state index is 10.9. The van der Waals surface area contributed by atoms with Crippen LogP contribution in [0.2, 0.25) is 0 Å². The van der Waals surface area contributed by atoms with Gasteiger partial charge >= 0.3 is 0 Å². The average molecular weight is 489 g/mol. The molecule has 15 nitrogen and oxygen atoms in total. The van der Waals surface area contributed by atoms with Gasteiger partial charge in [0.25, 0.3) is 0 Å². The number of hydrogen-bond acceptors (Lipinski definition) is 10. The van der Waals surface area contributed by atoms with Crippen molar-refractivity contribution in [3.63, 3.8) is 0 Å². The van der Waals surface area contributed by atoms with E-state index in [9.17, 15) is 30.6 Å². The third-order valence-corrected chi connectivity index (χ3v) is 6.93. The topological polar surface area (TPSA) is 296 Å². The Morgan fingerprint density at radius 1 is 0.667 bits per heavy atom. The summed E-state index contributed by atoms with van der Waals surface area (Å²) in [4.78, 5) is 0. The zero-order valence-electron chi connectivity index (χ0n) is 18.6. The molecule has 194 valence electrons. The molecule has 0 unspecified atom stereocenters. The van der Waals surface area contributed by atoms with Gasteiger partial charge in [0, 0.05) is 0 Å². The van der Waals surface area contributed by atoms with Crippen LogP contribution in [0.15, 0.2) is 0 Å². The van der Waals surface area contributed by atoms with Crippen LogP contribution in [-0.4, -0.2) is 135 Å². The molecule has 1 saturated carbocycles. The summed E-state index contributed by atoms with van der Waals surface area (Å²) in [5, 5.41) is 61.6. The van der Waals surface area contributed by atoms with E-state index in [0.29, 0.717) is 6.42 Å². The monoisotopic (exact) mass is 488 g/mol. The van der Waals surface area contributed by atoms with Crippen LogP contribution in [0.5, 0.6) is 0 Å². The van der Waals surface area contributed by atoms with Crippen LogP contribution < -0.4 is 28.7 Å². The van der Waals surface area contributed by atoms with Gasteiger partial charge in [-0.2, -0.15) is 0 Å². The summed E-state index contributed by atoms with van der Waals surface area (Å²) in [6.07, 6.45) is -11.8. The van der Waals surface area contributed by atoms with Crippen LogP contribution in [-0.2, 0) is 18.9 Å². The second kappa shape index (κ2) is 11.0. The number of quaternary nitrogens is 5. The zero-order valence-corrected chi connectivity index (χ0v) is 18.6. The summed E-state index contributed by atoms with van der Waals surface area (Å²) >= 11 is 0. The molecule has 0 amide bonds. The van der Waals surface area contributed by atoms with Gasteiger partial charge in [0.05, 0.1) is 13.0 Å². The molecule has 2 aliphatic heterocycles. The van der Waals surface area contributed by atoms with Crippen molar-refractivity contribution in [2.24, 2.45) is 0 Å². The standard InChI is InChI=1S/C18H37N5O10/c19-2-6-12(27)13(28)9(23)17(30-6)32-15-5(21)1-4(20)10(25)16(15)33-18-14(29)8(22)11(26)7(3-24)31-18/h4-18,24-29H,1-3,19-23H2/p+5/t4-,5+,6-,7-,8-,9-,10+,11-,12-,13-,14-,15-,16-,17-,18+/m1/s1. The Hall–Kier alpha value is -0.600. The number of aliphatic hydroxyl groups excluding tert-OH is 6. The van der Waals surface area contributed by atoms with Gasteiger partial charge < -0.3 is 78.3 Å². The van der Waals surface area contributed by atoms with Crippen LogP contribution in [0.3, 0.4) is 0 Å². The van der Waals surface area contributed by atoms with Crippen molar-refractivity contribution in [3.05, 3.63) is 0 Å². The lowest BCUT2D eigenvalue weighted by atomic mass is 9.84. The molecule has 0 bridgehead atoms. The number of ether oxygens (including phenoxy) is 4. The number of rotatable bonds is 6. The highest BCUT2D eigenvalue weighted by Crippen LogP contribution is 2.30. The molecule has 33 heavy (non-hydrogen) atoms. The quantitative estimate of drug-likeness (QED) is 0.168. The first kappa shape index (κ1) is 27.0. The number of aliphatic hydroxyl groups is 6. The largest absolute Gasteiger partial charge is 0.394 e. The van der Waals surface area contributed by atoms with E-state index in [0.717, 1.165) is 0 Å². The van der Waals surface area contributed by atoms with E-state index in [1.165, 1.54) is 0 Å². The van der Waals surface area contributed by atoms with Crippen molar-refractivity contribution >= 4 is 0 Å². The molecular formula is C18H42N5O10+5. The molecule has 0 aromatic rings. The van der Waals surface area contributed by atoms with Gasteiger partial charge in [0.1, 0.15) is 73.5 Å². The van der Waals surface area contributed by atoms with Crippen LogP contribution >= 0.6 is 0 Å². The highest BCUT2D eigenvalue weighted by Gasteiger charge is 2.55. The van der Waals surface area contributed by atoms with Crippen molar-refractivity contribution in [2.75, 3.05) is 13.2 Å². The molecule has 2 saturated heterocycles. The average Bonchev–Trinajstić information content (AvgIpc) is 2.79. The molecule has 2 heterocycles. The van der Waals surface area contributed by atoms with Crippen molar-refractivity contribution in [3.8, 4) is 0 Å². The van der Waals surface area contributed by atoms with Crippen molar-refractivity contribution in [1.29, 1.82) is 0 Å². The van der Waals surface area contributed by atoms with E-state index >= 15 is 0 Å². The van der Waals surface area contributed by atoms with Gasteiger partial charge in [0.15, 0.2) is 18.4 Å². The van der Waals surface area contributed by atoms with Gasteiger partial charge in [0.2, 0.25) is 6.29 Å². The fraction of sp³-hybridized carbons (Fsp3) is 1.00. The van der Waals surface area contributed by atoms with Gasteiger partial charge in [-0.15, -0.1) is 0 Å². The Bertz CT molecular complexity index is 635. The predicted molar refractivity (Wildman–Crippen MR) is 103 cm³/mol. The maximum Gasteiger partial charge on any atom is 0.214 e. The molecule has 3 fully saturated rings. The summed E-state index contributed by atoms with van der Waals surface area (Å²) < 4.78 is 23.4. The third-order valence-electron chi connectivity index (χ3n) is 6.93. The normalized spacial score (nSPS) is 53.7. The van der Waals surface area contributed by atoms with Crippen LogP contribution in [0, 0.1) is 0 Å². The molecule has 0 radical (unpaired) electrons. The van der Waals surface area contributed by atoms with Crippen molar-refractivity contribution in [1.82, 2.24) is 0 Å². The first-order valence-electron chi connectivity index (χ1n) is 11.3. The van der Waals surface area contributed by atoms with E-state index in [4.69, 9.17) is 18.9 Å². The molecule has 0 spiro atoms. The molecule has 1 aliphatic carbocycles. The second-order valence-electron chi connectivity index (χ2n) is 9.30.